The van der Waals surface area contributed by atoms with Crippen LogP contribution in [0.25, 0.3) is 0 Å². The van der Waals surface area contributed by atoms with E-state index in [0.717, 1.165) is 0 Å². The van der Waals surface area contributed by atoms with Crippen molar-refractivity contribution in [2.24, 2.45) is 5.84 Å². The third-order valence-corrected chi connectivity index (χ3v) is 2.94. The smallest absolute Gasteiger partial charge is 0.274 e. The van der Waals surface area contributed by atoms with Crippen LogP contribution in [0.5, 0.6) is 0 Å². The Morgan fingerprint density at radius 2 is 2.25 bits per heavy atom. The molecule has 0 saturated carbocycles. The van der Waals surface area contributed by atoms with Crippen LogP contribution in [0.4, 0.5) is 5.69 Å². The van der Waals surface area contributed by atoms with E-state index in [1.807, 2.05) is 20.8 Å². The van der Waals surface area contributed by atoms with E-state index < -0.39 is 0 Å². The second-order valence-electron chi connectivity index (χ2n) is 4.75. The minimum atomic E-state index is -0.210. The molecule has 7 heteroatoms. The Hall–Kier alpha value is -1.73. The molecule has 112 valence electrons. The average Bonchev–Trinajstić information content (AvgIpc) is 2.46. The highest BCUT2D eigenvalue weighted by molar-refractivity contribution is 5.97. The highest BCUT2D eigenvalue weighted by atomic mass is 16.3. The van der Waals surface area contributed by atoms with Gasteiger partial charge in [-0.2, -0.15) is 0 Å². The predicted octanol–water partition coefficient (Wildman–Crippen LogP) is 0.730. The van der Waals surface area contributed by atoms with Gasteiger partial charge in [-0.3, -0.25) is 10.6 Å². The molecule has 0 aliphatic heterocycles. The van der Waals surface area contributed by atoms with Crippen molar-refractivity contribution in [2.75, 3.05) is 25.1 Å². The molecule has 0 aromatic carbocycles. The number of hydrogen-bond acceptors (Lipinski definition) is 6. The molecule has 0 bridgehead atoms. The molecule has 0 fully saturated rings. The Kier molecular flexibility index (Phi) is 6.33. The Balaban J connectivity index is 3.07. The molecule has 0 aliphatic carbocycles. The maximum absolute atomic E-state index is 12.5. The standard InChI is InChI=1S/C13H23N5O2/c1-4-18(6-5-7-19)13(20)11-10(17-14)8-15-12(16-11)9(2)3/h8-9,17,19H,4-7,14H2,1-3H3. The number of aliphatic hydroxyl groups is 1. The van der Waals surface area contributed by atoms with Gasteiger partial charge in [-0.15, -0.1) is 0 Å². The zero-order chi connectivity index (χ0) is 15.1. The van der Waals surface area contributed by atoms with Gasteiger partial charge in [0.15, 0.2) is 5.69 Å². The van der Waals surface area contributed by atoms with Crippen LogP contribution in [0.3, 0.4) is 0 Å². The summed E-state index contributed by atoms with van der Waals surface area (Å²) in [6.45, 7) is 6.88. The Labute approximate surface area is 119 Å². The first-order valence-electron chi connectivity index (χ1n) is 6.78. The lowest BCUT2D eigenvalue weighted by atomic mass is 10.2. The number of nitrogens with one attached hydrogen (secondary N) is 1. The van der Waals surface area contributed by atoms with Crippen LogP contribution in [0.2, 0.25) is 0 Å². The normalized spacial score (nSPS) is 10.7. The summed E-state index contributed by atoms with van der Waals surface area (Å²) in [6, 6.07) is 0. The van der Waals surface area contributed by atoms with Crippen molar-refractivity contribution < 1.29 is 9.90 Å². The van der Waals surface area contributed by atoms with Gasteiger partial charge in [-0.1, -0.05) is 13.8 Å². The number of nitrogen functional groups attached to an aromatic ring is 1. The fourth-order valence-electron chi connectivity index (χ4n) is 1.76. The third-order valence-electron chi connectivity index (χ3n) is 2.94. The lowest BCUT2D eigenvalue weighted by Gasteiger charge is -2.21. The van der Waals surface area contributed by atoms with E-state index in [0.29, 0.717) is 31.0 Å². The maximum atomic E-state index is 12.5. The number of hydrogen-bond donors (Lipinski definition) is 3. The van der Waals surface area contributed by atoms with Gasteiger partial charge < -0.3 is 15.4 Å². The molecule has 0 aliphatic rings. The van der Waals surface area contributed by atoms with Crippen molar-refractivity contribution in [3.63, 3.8) is 0 Å². The van der Waals surface area contributed by atoms with Gasteiger partial charge in [0.1, 0.15) is 5.82 Å². The van der Waals surface area contributed by atoms with Crippen LogP contribution in [-0.2, 0) is 0 Å². The number of rotatable bonds is 7. The quantitative estimate of drug-likeness (QED) is 0.503. The first-order chi connectivity index (χ1) is 9.54. The molecule has 0 spiro atoms. The molecule has 4 N–H and O–H groups in total. The molecule has 1 rings (SSSR count). The van der Waals surface area contributed by atoms with Crippen molar-refractivity contribution in [1.82, 2.24) is 14.9 Å². The monoisotopic (exact) mass is 281 g/mol. The average molecular weight is 281 g/mol. The van der Waals surface area contributed by atoms with E-state index >= 15 is 0 Å². The number of aliphatic hydroxyl groups excluding tert-OH is 1. The van der Waals surface area contributed by atoms with E-state index in [2.05, 4.69) is 15.4 Å². The number of nitrogens with zero attached hydrogens (tertiary/aromatic N) is 3. The number of amides is 1. The highest BCUT2D eigenvalue weighted by Crippen LogP contribution is 2.17. The Bertz CT molecular complexity index is 450. The van der Waals surface area contributed by atoms with Gasteiger partial charge in [0, 0.05) is 25.6 Å². The minimum Gasteiger partial charge on any atom is -0.396 e. The molecule has 0 atom stereocenters. The van der Waals surface area contributed by atoms with Crippen LogP contribution in [0.1, 0.15) is 49.4 Å². The van der Waals surface area contributed by atoms with Crippen LogP contribution in [0.15, 0.2) is 6.20 Å². The number of nitrogens with two attached hydrogens (primary N) is 1. The minimum absolute atomic E-state index is 0.0484. The molecule has 1 aromatic rings. The van der Waals surface area contributed by atoms with Gasteiger partial charge in [0.25, 0.3) is 5.91 Å². The van der Waals surface area contributed by atoms with Crippen molar-refractivity contribution in [3.05, 3.63) is 17.7 Å². The zero-order valence-electron chi connectivity index (χ0n) is 12.3. The fraction of sp³-hybridized carbons (Fsp3) is 0.615. The number of anilines is 1. The van der Waals surface area contributed by atoms with Crippen LogP contribution >= 0.6 is 0 Å². The summed E-state index contributed by atoms with van der Waals surface area (Å²) in [7, 11) is 0. The van der Waals surface area contributed by atoms with Crippen LogP contribution in [0, 0.1) is 0 Å². The summed E-state index contributed by atoms with van der Waals surface area (Å²) in [6.07, 6.45) is 2.06. The van der Waals surface area contributed by atoms with Crippen LogP contribution < -0.4 is 11.3 Å². The van der Waals surface area contributed by atoms with Crippen molar-refractivity contribution in [1.29, 1.82) is 0 Å². The molecule has 0 unspecified atom stereocenters. The first-order valence-corrected chi connectivity index (χ1v) is 6.78. The summed E-state index contributed by atoms with van der Waals surface area (Å²) >= 11 is 0. The first kappa shape index (κ1) is 16.3. The fourth-order valence-corrected chi connectivity index (χ4v) is 1.76. The van der Waals surface area contributed by atoms with Gasteiger partial charge in [-0.05, 0) is 13.3 Å². The second-order valence-corrected chi connectivity index (χ2v) is 4.75. The molecular formula is C13H23N5O2. The molecule has 0 saturated heterocycles. The van der Waals surface area contributed by atoms with E-state index in [-0.39, 0.29) is 24.1 Å². The Morgan fingerprint density at radius 1 is 1.55 bits per heavy atom. The second kappa shape index (κ2) is 7.76. The number of aromatic nitrogens is 2. The lowest BCUT2D eigenvalue weighted by molar-refractivity contribution is 0.0749. The van der Waals surface area contributed by atoms with Gasteiger partial charge >= 0.3 is 0 Å². The summed E-state index contributed by atoms with van der Waals surface area (Å²) in [4.78, 5) is 22.6. The summed E-state index contributed by atoms with van der Waals surface area (Å²) in [5.74, 6) is 5.93. The van der Waals surface area contributed by atoms with Gasteiger partial charge in [0.05, 0.1) is 11.9 Å². The van der Waals surface area contributed by atoms with Crippen molar-refractivity contribution in [2.45, 2.75) is 33.1 Å². The third kappa shape index (κ3) is 3.88. The zero-order valence-corrected chi connectivity index (χ0v) is 12.3. The largest absolute Gasteiger partial charge is 0.396 e. The molecule has 7 nitrogen and oxygen atoms in total. The highest BCUT2D eigenvalue weighted by Gasteiger charge is 2.20. The van der Waals surface area contributed by atoms with Crippen molar-refractivity contribution >= 4 is 11.6 Å². The van der Waals surface area contributed by atoms with E-state index in [1.54, 1.807) is 4.90 Å². The number of carbonyl (C=O) groups excluding carboxylic acids is 1. The van der Waals surface area contributed by atoms with Gasteiger partial charge in [-0.25, -0.2) is 9.97 Å². The molecule has 1 aromatic heterocycles. The van der Waals surface area contributed by atoms with E-state index in [4.69, 9.17) is 10.9 Å². The molecule has 1 amide bonds. The Morgan fingerprint density at radius 3 is 2.75 bits per heavy atom. The summed E-state index contributed by atoms with van der Waals surface area (Å²) < 4.78 is 0. The summed E-state index contributed by atoms with van der Waals surface area (Å²) in [5, 5.41) is 8.88. The van der Waals surface area contributed by atoms with Gasteiger partial charge in [0.2, 0.25) is 0 Å². The van der Waals surface area contributed by atoms with Crippen molar-refractivity contribution in [3.8, 4) is 0 Å². The predicted molar refractivity (Wildman–Crippen MR) is 77.2 cm³/mol. The van der Waals surface area contributed by atoms with E-state index in [9.17, 15) is 4.79 Å². The molecular weight excluding hydrogens is 258 g/mol. The maximum Gasteiger partial charge on any atom is 0.274 e. The topological polar surface area (TPSA) is 104 Å². The lowest BCUT2D eigenvalue weighted by Crippen LogP contribution is -2.34. The van der Waals surface area contributed by atoms with Crippen LogP contribution in [-0.4, -0.2) is 45.6 Å². The van der Waals surface area contributed by atoms with E-state index in [1.165, 1.54) is 6.20 Å². The number of hydrazine groups is 1. The molecule has 0 radical (unpaired) electrons. The number of carbonyl (C=O) groups is 1. The molecule has 1 heterocycles. The molecule has 20 heavy (non-hydrogen) atoms. The summed E-state index contributed by atoms with van der Waals surface area (Å²) in [5.41, 5.74) is 3.13. The SMILES string of the molecule is CCN(CCCO)C(=O)c1nc(C(C)C)ncc1NN.